The molecule has 0 saturated carbocycles. The molecule has 1 fully saturated rings. The van der Waals surface area contributed by atoms with Crippen molar-refractivity contribution >= 4 is 6.09 Å². The second-order valence-electron chi connectivity index (χ2n) is 7.72. The van der Waals surface area contributed by atoms with Crippen LogP contribution in [0.2, 0.25) is 0 Å². The Labute approximate surface area is 171 Å². The fourth-order valence-electron chi connectivity index (χ4n) is 3.74. The van der Waals surface area contributed by atoms with Gasteiger partial charge in [0.1, 0.15) is 11.5 Å². The van der Waals surface area contributed by atoms with E-state index in [2.05, 4.69) is 15.0 Å². The van der Waals surface area contributed by atoms with Crippen molar-refractivity contribution in [3.8, 4) is 0 Å². The Morgan fingerprint density at radius 1 is 1.23 bits per heavy atom. The minimum Gasteiger partial charge on any atom is -0.465 e. The van der Waals surface area contributed by atoms with Crippen molar-refractivity contribution in [1.82, 2.24) is 19.9 Å². The van der Waals surface area contributed by atoms with Crippen LogP contribution in [0, 0.1) is 6.92 Å². The van der Waals surface area contributed by atoms with Gasteiger partial charge in [0.25, 0.3) is 0 Å². The molecule has 1 amide bonds. The van der Waals surface area contributed by atoms with Gasteiger partial charge in [-0.15, -0.1) is 0 Å². The zero-order valence-corrected chi connectivity index (χ0v) is 16.6. The molecular weight excluding hydrogens is 401 g/mol. The van der Waals surface area contributed by atoms with E-state index in [9.17, 15) is 23.1 Å². The molecule has 30 heavy (non-hydrogen) atoms. The fourth-order valence-corrected chi connectivity index (χ4v) is 3.74. The molecule has 1 unspecified atom stereocenters. The van der Waals surface area contributed by atoms with E-state index in [1.807, 2.05) is 0 Å². The van der Waals surface area contributed by atoms with E-state index < -0.39 is 23.6 Å². The summed E-state index contributed by atoms with van der Waals surface area (Å²) < 4.78 is 38.9. The first-order valence-electron chi connectivity index (χ1n) is 9.55. The molecule has 162 valence electrons. The van der Waals surface area contributed by atoms with Crippen LogP contribution in [0.3, 0.4) is 0 Å². The predicted octanol–water partition coefficient (Wildman–Crippen LogP) is 3.51. The number of halogens is 3. The number of aryl methyl sites for hydroxylation is 1. The maximum absolute atomic E-state index is 13.0. The maximum atomic E-state index is 13.0. The molecular formula is C20H23F3N4O3. The number of hydrogen-bond donors (Lipinski definition) is 2. The van der Waals surface area contributed by atoms with Gasteiger partial charge in [-0.3, -0.25) is 0 Å². The summed E-state index contributed by atoms with van der Waals surface area (Å²) in [6, 6.07) is 3.58. The zero-order valence-electron chi connectivity index (χ0n) is 16.6. The number of pyridine rings is 1. The lowest BCUT2D eigenvalue weighted by atomic mass is 9.83. The molecule has 1 atom stereocenters. The second-order valence-corrected chi connectivity index (χ2v) is 7.72. The van der Waals surface area contributed by atoms with Crippen LogP contribution in [0.4, 0.5) is 18.0 Å². The Kier molecular flexibility index (Phi) is 5.98. The minimum absolute atomic E-state index is 0.0850. The van der Waals surface area contributed by atoms with E-state index in [1.165, 1.54) is 30.2 Å². The van der Waals surface area contributed by atoms with Crippen molar-refractivity contribution in [1.29, 1.82) is 0 Å². The largest absolute Gasteiger partial charge is 0.465 e. The highest BCUT2D eigenvalue weighted by Gasteiger charge is 2.35. The van der Waals surface area contributed by atoms with Gasteiger partial charge in [0.05, 0.1) is 11.3 Å². The minimum atomic E-state index is -4.57. The molecule has 1 aliphatic heterocycles. The molecule has 0 spiro atoms. The Hall–Kier alpha value is -2.75. The SMILES string of the molecule is Cc1ncc(C(C)(O)Cc2cccc(C(F)(F)F)n2)c(C2CCN(C(=O)O)CC2)n1. The number of carbonyl (C=O) groups is 1. The third-order valence-corrected chi connectivity index (χ3v) is 5.29. The highest BCUT2D eigenvalue weighted by molar-refractivity contribution is 5.65. The number of piperidine rings is 1. The first kappa shape index (κ1) is 21.9. The van der Waals surface area contributed by atoms with Gasteiger partial charge in [0, 0.05) is 42.9 Å². The van der Waals surface area contributed by atoms with Gasteiger partial charge in [-0.25, -0.2) is 19.7 Å². The molecule has 0 bridgehead atoms. The van der Waals surface area contributed by atoms with Crippen LogP contribution < -0.4 is 0 Å². The highest BCUT2D eigenvalue weighted by Crippen LogP contribution is 2.35. The molecule has 2 aromatic heterocycles. The number of nitrogens with zero attached hydrogens (tertiary/aromatic N) is 4. The van der Waals surface area contributed by atoms with Gasteiger partial charge in [-0.05, 0) is 38.8 Å². The third-order valence-electron chi connectivity index (χ3n) is 5.29. The summed E-state index contributed by atoms with van der Waals surface area (Å²) in [4.78, 5) is 24.8. The summed E-state index contributed by atoms with van der Waals surface area (Å²) >= 11 is 0. The van der Waals surface area contributed by atoms with E-state index in [-0.39, 0.29) is 18.0 Å². The Morgan fingerprint density at radius 3 is 2.50 bits per heavy atom. The van der Waals surface area contributed by atoms with Crippen LogP contribution in [0.1, 0.15) is 54.2 Å². The molecule has 3 rings (SSSR count). The Balaban J connectivity index is 1.89. The lowest BCUT2D eigenvalue weighted by Crippen LogP contribution is -2.38. The average molecular weight is 424 g/mol. The van der Waals surface area contributed by atoms with E-state index in [4.69, 9.17) is 5.11 Å². The molecule has 0 aromatic carbocycles. The average Bonchev–Trinajstić information content (AvgIpc) is 2.67. The first-order chi connectivity index (χ1) is 14.0. The van der Waals surface area contributed by atoms with E-state index in [0.717, 1.165) is 6.07 Å². The fraction of sp³-hybridized carbons (Fsp3) is 0.500. The molecule has 0 aliphatic carbocycles. The zero-order chi connectivity index (χ0) is 22.1. The highest BCUT2D eigenvalue weighted by atomic mass is 19.4. The maximum Gasteiger partial charge on any atom is 0.433 e. The topological polar surface area (TPSA) is 99.4 Å². The monoisotopic (exact) mass is 424 g/mol. The summed E-state index contributed by atoms with van der Waals surface area (Å²) in [6.45, 7) is 3.90. The standard InChI is InChI=1S/C20H23F3N4O3/c1-12-24-11-15(17(25-12)13-6-8-27(9-7-13)18(28)29)19(2,30)10-14-4-3-5-16(26-14)20(21,22)23/h3-5,11,13,30H,6-10H2,1-2H3,(H,28,29). The van der Waals surface area contributed by atoms with E-state index >= 15 is 0 Å². The van der Waals surface area contributed by atoms with Crippen LogP contribution in [-0.4, -0.2) is 49.2 Å². The van der Waals surface area contributed by atoms with Gasteiger partial charge in [0.2, 0.25) is 0 Å². The number of hydrogen-bond acceptors (Lipinski definition) is 5. The lowest BCUT2D eigenvalue weighted by molar-refractivity contribution is -0.141. The van der Waals surface area contributed by atoms with Crippen LogP contribution in [0.15, 0.2) is 24.4 Å². The number of likely N-dealkylation sites (tertiary alicyclic amines) is 1. The summed E-state index contributed by atoms with van der Waals surface area (Å²) in [5, 5.41) is 20.3. The number of rotatable bonds is 4. The van der Waals surface area contributed by atoms with E-state index in [0.29, 0.717) is 43.0 Å². The summed E-state index contributed by atoms with van der Waals surface area (Å²) in [7, 11) is 0. The summed E-state index contributed by atoms with van der Waals surface area (Å²) in [5.74, 6) is 0.417. The molecule has 7 nitrogen and oxygen atoms in total. The van der Waals surface area contributed by atoms with Crippen molar-refractivity contribution in [2.75, 3.05) is 13.1 Å². The van der Waals surface area contributed by atoms with Gasteiger partial charge >= 0.3 is 12.3 Å². The molecule has 1 saturated heterocycles. The Morgan fingerprint density at radius 2 is 1.90 bits per heavy atom. The van der Waals surface area contributed by atoms with Gasteiger partial charge in [0.15, 0.2) is 0 Å². The lowest BCUT2D eigenvalue weighted by Gasteiger charge is -2.33. The molecule has 1 aliphatic rings. The van der Waals surface area contributed by atoms with Gasteiger partial charge < -0.3 is 15.1 Å². The summed E-state index contributed by atoms with van der Waals surface area (Å²) in [6.07, 6.45) is -3.13. The second kappa shape index (κ2) is 8.17. The first-order valence-corrected chi connectivity index (χ1v) is 9.55. The summed E-state index contributed by atoms with van der Waals surface area (Å²) in [5.41, 5.74) is -1.45. The molecule has 2 aromatic rings. The number of carboxylic acid groups (broad SMARTS) is 1. The van der Waals surface area contributed by atoms with Gasteiger partial charge in [-0.1, -0.05) is 6.07 Å². The van der Waals surface area contributed by atoms with Crippen molar-refractivity contribution in [2.45, 2.75) is 50.8 Å². The number of amides is 1. The molecule has 3 heterocycles. The number of alkyl halides is 3. The van der Waals surface area contributed by atoms with Crippen molar-refractivity contribution in [3.05, 3.63) is 52.9 Å². The van der Waals surface area contributed by atoms with Crippen LogP contribution >= 0.6 is 0 Å². The van der Waals surface area contributed by atoms with Crippen LogP contribution in [0.5, 0.6) is 0 Å². The normalized spacial score (nSPS) is 17.6. The van der Waals surface area contributed by atoms with E-state index in [1.54, 1.807) is 6.92 Å². The molecule has 2 N–H and O–H groups in total. The quantitative estimate of drug-likeness (QED) is 0.779. The predicted molar refractivity (Wildman–Crippen MR) is 101 cm³/mol. The number of aromatic nitrogens is 3. The van der Waals surface area contributed by atoms with Crippen LogP contribution in [0.25, 0.3) is 0 Å². The van der Waals surface area contributed by atoms with Crippen LogP contribution in [-0.2, 0) is 18.2 Å². The van der Waals surface area contributed by atoms with Crippen molar-refractivity contribution < 1.29 is 28.2 Å². The van der Waals surface area contributed by atoms with Crippen molar-refractivity contribution in [3.63, 3.8) is 0 Å². The third kappa shape index (κ3) is 4.86. The molecule has 10 heteroatoms. The smallest absolute Gasteiger partial charge is 0.433 e. The van der Waals surface area contributed by atoms with Crippen molar-refractivity contribution in [2.24, 2.45) is 0 Å². The number of aliphatic hydroxyl groups is 1. The Bertz CT molecular complexity index is 926. The van der Waals surface area contributed by atoms with Gasteiger partial charge in [-0.2, -0.15) is 13.2 Å². The molecule has 0 radical (unpaired) electrons.